The number of hydrogen-bond acceptors (Lipinski definition) is 3. The van der Waals surface area contributed by atoms with Crippen molar-refractivity contribution in [2.75, 3.05) is 6.61 Å². The molecule has 76 valence electrons. The van der Waals surface area contributed by atoms with Gasteiger partial charge in [-0.3, -0.25) is 0 Å². The highest BCUT2D eigenvalue weighted by Crippen LogP contribution is 2.34. The molecule has 0 radical (unpaired) electrons. The lowest BCUT2D eigenvalue weighted by atomic mass is 9.85. The lowest BCUT2D eigenvalue weighted by Gasteiger charge is -2.34. The van der Waals surface area contributed by atoms with Crippen molar-refractivity contribution in [1.82, 2.24) is 0 Å². The third-order valence-electron chi connectivity index (χ3n) is 2.41. The van der Waals surface area contributed by atoms with Crippen LogP contribution in [0.3, 0.4) is 0 Å². The minimum Gasteiger partial charge on any atom is -0.464 e. The van der Waals surface area contributed by atoms with Crippen LogP contribution in [0.5, 0.6) is 0 Å². The van der Waals surface area contributed by atoms with Crippen molar-refractivity contribution in [3.63, 3.8) is 0 Å². The predicted octanol–water partition coefficient (Wildman–Crippen LogP) is 1.66. The van der Waals surface area contributed by atoms with E-state index in [1.165, 1.54) is 0 Å². The summed E-state index contributed by atoms with van der Waals surface area (Å²) >= 11 is 2.14. The number of esters is 1. The molecule has 0 spiro atoms. The molecule has 0 heterocycles. The van der Waals surface area contributed by atoms with Gasteiger partial charge in [-0.25, -0.2) is 4.79 Å². The molecule has 0 aromatic heterocycles. The molecule has 1 rings (SSSR count). The second-order valence-electron chi connectivity index (χ2n) is 3.36. The number of halogens is 1. The Bertz CT molecular complexity index is 195. The first kappa shape index (κ1) is 11.2. The Morgan fingerprint density at radius 3 is 2.92 bits per heavy atom. The molecule has 13 heavy (non-hydrogen) atoms. The van der Waals surface area contributed by atoms with Crippen molar-refractivity contribution >= 4 is 28.6 Å². The van der Waals surface area contributed by atoms with Crippen LogP contribution in [0.1, 0.15) is 32.6 Å². The Hall–Kier alpha value is 0.160. The van der Waals surface area contributed by atoms with Gasteiger partial charge in [-0.15, -0.1) is 0 Å². The first-order chi connectivity index (χ1) is 6.11. The van der Waals surface area contributed by atoms with Crippen molar-refractivity contribution in [2.24, 2.45) is 0 Å². The summed E-state index contributed by atoms with van der Waals surface area (Å²) in [6.07, 6.45) is 3.44. The molecule has 2 unspecified atom stereocenters. The van der Waals surface area contributed by atoms with Crippen LogP contribution in [0.15, 0.2) is 0 Å². The molecule has 0 saturated heterocycles. The van der Waals surface area contributed by atoms with Gasteiger partial charge in [-0.2, -0.15) is 0 Å². The van der Waals surface area contributed by atoms with E-state index in [-0.39, 0.29) is 3.92 Å². The van der Waals surface area contributed by atoms with Gasteiger partial charge >= 0.3 is 5.97 Å². The quantitative estimate of drug-likeness (QED) is 0.479. The van der Waals surface area contributed by atoms with Gasteiger partial charge in [0.1, 0.15) is 0 Å². The highest BCUT2D eigenvalue weighted by molar-refractivity contribution is 14.1. The molecule has 1 aliphatic carbocycles. The van der Waals surface area contributed by atoms with E-state index in [0.717, 1.165) is 19.3 Å². The second kappa shape index (κ2) is 4.59. The fourth-order valence-electron chi connectivity index (χ4n) is 1.60. The van der Waals surface area contributed by atoms with Crippen molar-refractivity contribution in [1.29, 1.82) is 0 Å². The fraction of sp³-hybridized carbons (Fsp3) is 0.889. The maximum Gasteiger partial charge on any atom is 0.339 e. The van der Waals surface area contributed by atoms with Gasteiger partial charge in [0.15, 0.2) is 5.60 Å². The van der Waals surface area contributed by atoms with E-state index in [2.05, 4.69) is 22.6 Å². The highest BCUT2D eigenvalue weighted by atomic mass is 127. The molecule has 0 amide bonds. The molecule has 4 heteroatoms. The van der Waals surface area contributed by atoms with Crippen LogP contribution in [-0.2, 0) is 9.53 Å². The van der Waals surface area contributed by atoms with E-state index in [1.807, 2.05) is 0 Å². The van der Waals surface area contributed by atoms with Gasteiger partial charge in [-0.1, -0.05) is 29.0 Å². The maximum absolute atomic E-state index is 11.5. The first-order valence-corrected chi connectivity index (χ1v) is 5.89. The van der Waals surface area contributed by atoms with Crippen LogP contribution in [0.2, 0.25) is 0 Å². The molecule has 0 aliphatic heterocycles. The molecule has 0 aromatic carbocycles. The van der Waals surface area contributed by atoms with Gasteiger partial charge in [0.25, 0.3) is 0 Å². The van der Waals surface area contributed by atoms with Crippen LogP contribution in [0.4, 0.5) is 0 Å². The summed E-state index contributed by atoms with van der Waals surface area (Å²) in [6, 6.07) is 0. The van der Waals surface area contributed by atoms with E-state index >= 15 is 0 Å². The largest absolute Gasteiger partial charge is 0.464 e. The number of hydrogen-bond donors (Lipinski definition) is 1. The van der Waals surface area contributed by atoms with Crippen LogP contribution < -0.4 is 0 Å². The first-order valence-electron chi connectivity index (χ1n) is 4.65. The third kappa shape index (κ3) is 2.34. The summed E-state index contributed by atoms with van der Waals surface area (Å²) in [5.74, 6) is -0.450. The molecular weight excluding hydrogens is 283 g/mol. The average Bonchev–Trinajstić information content (AvgIpc) is 2.11. The summed E-state index contributed by atoms with van der Waals surface area (Å²) in [6.45, 7) is 2.09. The van der Waals surface area contributed by atoms with Gasteiger partial charge in [0, 0.05) is 0 Å². The lowest BCUT2D eigenvalue weighted by molar-refractivity contribution is -0.166. The number of alkyl halides is 1. The van der Waals surface area contributed by atoms with E-state index in [9.17, 15) is 9.90 Å². The average molecular weight is 298 g/mol. The SMILES string of the molecule is CCOC(=O)C1(O)CCCCC1I. The van der Waals surface area contributed by atoms with Gasteiger partial charge < -0.3 is 9.84 Å². The van der Waals surface area contributed by atoms with Crippen molar-refractivity contribution in [2.45, 2.75) is 42.1 Å². The molecular formula is C9H15IO3. The maximum atomic E-state index is 11.5. The number of carbonyl (C=O) groups excluding carboxylic acids is 1. The number of carbonyl (C=O) groups is 1. The second-order valence-corrected chi connectivity index (χ2v) is 4.86. The van der Waals surface area contributed by atoms with Gasteiger partial charge in [0.05, 0.1) is 10.5 Å². The third-order valence-corrected chi connectivity index (χ3v) is 4.07. The normalized spacial score (nSPS) is 34.2. The van der Waals surface area contributed by atoms with Gasteiger partial charge in [0.2, 0.25) is 0 Å². The monoisotopic (exact) mass is 298 g/mol. The minimum atomic E-state index is -1.23. The van der Waals surface area contributed by atoms with E-state index in [0.29, 0.717) is 13.0 Å². The number of rotatable bonds is 2. The molecule has 3 nitrogen and oxygen atoms in total. The number of aliphatic hydroxyl groups is 1. The standard InChI is InChI=1S/C9H15IO3/c1-2-13-8(11)9(12)6-4-3-5-7(9)10/h7,12H,2-6H2,1H3. The molecule has 1 saturated carbocycles. The Labute approximate surface area is 92.0 Å². The smallest absolute Gasteiger partial charge is 0.339 e. The molecule has 2 atom stereocenters. The zero-order chi connectivity index (χ0) is 9.90. The van der Waals surface area contributed by atoms with Crippen LogP contribution in [0.25, 0.3) is 0 Å². The van der Waals surface area contributed by atoms with Crippen LogP contribution in [-0.4, -0.2) is 27.2 Å². The predicted molar refractivity (Wildman–Crippen MR) is 57.9 cm³/mol. The summed E-state index contributed by atoms with van der Waals surface area (Å²) in [5, 5.41) is 10.1. The fourth-order valence-corrected chi connectivity index (χ4v) is 2.61. The summed E-state index contributed by atoms with van der Waals surface area (Å²) in [7, 11) is 0. The summed E-state index contributed by atoms with van der Waals surface area (Å²) < 4.78 is 4.86. The van der Waals surface area contributed by atoms with Crippen molar-refractivity contribution < 1.29 is 14.6 Å². The topological polar surface area (TPSA) is 46.5 Å². The zero-order valence-electron chi connectivity index (χ0n) is 7.75. The minimum absolute atomic E-state index is 0.00194. The van der Waals surface area contributed by atoms with Crippen LogP contribution in [0, 0.1) is 0 Å². The van der Waals surface area contributed by atoms with Crippen molar-refractivity contribution in [3.8, 4) is 0 Å². The molecule has 1 N–H and O–H groups in total. The molecule has 0 aromatic rings. The Kier molecular flexibility index (Phi) is 3.97. The van der Waals surface area contributed by atoms with E-state index in [1.54, 1.807) is 6.92 Å². The Morgan fingerprint density at radius 2 is 2.38 bits per heavy atom. The molecule has 0 bridgehead atoms. The van der Waals surface area contributed by atoms with Gasteiger partial charge in [-0.05, 0) is 26.2 Å². The summed E-state index contributed by atoms with van der Waals surface area (Å²) in [4.78, 5) is 11.5. The number of ether oxygens (including phenoxy) is 1. The lowest BCUT2D eigenvalue weighted by Crippen LogP contribution is -2.49. The van der Waals surface area contributed by atoms with Crippen molar-refractivity contribution in [3.05, 3.63) is 0 Å². The van der Waals surface area contributed by atoms with E-state index < -0.39 is 11.6 Å². The Morgan fingerprint density at radius 1 is 1.69 bits per heavy atom. The Balaban J connectivity index is 2.65. The van der Waals surface area contributed by atoms with E-state index in [4.69, 9.17) is 4.74 Å². The highest BCUT2D eigenvalue weighted by Gasteiger charge is 2.45. The molecule has 1 fully saturated rings. The zero-order valence-corrected chi connectivity index (χ0v) is 9.91. The van der Waals surface area contributed by atoms with Crippen LogP contribution >= 0.6 is 22.6 Å². The summed E-state index contributed by atoms with van der Waals surface area (Å²) in [5.41, 5.74) is -1.23. The molecule has 1 aliphatic rings.